The largest absolute Gasteiger partial charge is 0.369 e. The molecule has 1 amide bonds. The van der Waals surface area contributed by atoms with Crippen LogP contribution in [0.2, 0.25) is 5.02 Å². The quantitative estimate of drug-likeness (QED) is 0.782. The number of carbonyl (C=O) groups excluding carboxylic acids is 1. The first kappa shape index (κ1) is 9.99. The molecule has 70 valence electrons. The Morgan fingerprint density at radius 1 is 1.62 bits per heavy atom. The number of rotatable bonds is 2. The standard InChI is InChI=1S/C9H9ClFNO/c1-5(9(12)13)6-2-3-8(11)7(10)4-6/h2-5H,1H3,(H2,12,13). The highest BCUT2D eigenvalue weighted by atomic mass is 35.5. The van der Waals surface area contributed by atoms with Crippen molar-refractivity contribution >= 4 is 17.5 Å². The summed E-state index contributed by atoms with van der Waals surface area (Å²) < 4.78 is 12.7. The van der Waals surface area contributed by atoms with Crippen LogP contribution in [0, 0.1) is 5.82 Å². The van der Waals surface area contributed by atoms with Gasteiger partial charge in [0, 0.05) is 0 Å². The van der Waals surface area contributed by atoms with Crippen molar-refractivity contribution in [1.82, 2.24) is 0 Å². The van der Waals surface area contributed by atoms with Crippen molar-refractivity contribution in [3.05, 3.63) is 34.6 Å². The van der Waals surface area contributed by atoms with Crippen molar-refractivity contribution in [2.75, 3.05) is 0 Å². The molecule has 1 aromatic carbocycles. The third kappa shape index (κ3) is 2.18. The van der Waals surface area contributed by atoms with Gasteiger partial charge in [0.15, 0.2) is 0 Å². The molecule has 0 aliphatic carbocycles. The van der Waals surface area contributed by atoms with Crippen LogP contribution >= 0.6 is 11.6 Å². The molecule has 1 unspecified atom stereocenters. The predicted molar refractivity (Wildman–Crippen MR) is 49.0 cm³/mol. The van der Waals surface area contributed by atoms with E-state index in [1.807, 2.05) is 0 Å². The highest BCUT2D eigenvalue weighted by molar-refractivity contribution is 6.30. The Kier molecular flexibility index (Phi) is 2.88. The summed E-state index contributed by atoms with van der Waals surface area (Å²) in [5.74, 6) is -1.40. The lowest BCUT2D eigenvalue weighted by Crippen LogP contribution is -2.18. The lowest BCUT2D eigenvalue weighted by molar-refractivity contribution is -0.119. The first-order valence-electron chi connectivity index (χ1n) is 3.76. The van der Waals surface area contributed by atoms with Gasteiger partial charge in [0.2, 0.25) is 5.91 Å². The number of hydrogen-bond acceptors (Lipinski definition) is 1. The maximum absolute atomic E-state index is 12.7. The molecule has 0 aromatic heterocycles. The second kappa shape index (κ2) is 3.75. The molecule has 1 aromatic rings. The van der Waals surface area contributed by atoms with Gasteiger partial charge in [-0.3, -0.25) is 4.79 Å². The Morgan fingerprint density at radius 2 is 2.23 bits per heavy atom. The number of primary amides is 1. The second-order valence-corrected chi connectivity index (χ2v) is 3.20. The number of amides is 1. The molecule has 1 atom stereocenters. The lowest BCUT2D eigenvalue weighted by Gasteiger charge is -2.07. The molecule has 0 aliphatic rings. The fourth-order valence-electron chi connectivity index (χ4n) is 0.946. The average molecular weight is 202 g/mol. The Labute approximate surface area is 80.5 Å². The molecule has 0 aliphatic heterocycles. The number of hydrogen-bond donors (Lipinski definition) is 1. The lowest BCUT2D eigenvalue weighted by atomic mass is 10.0. The molecule has 0 radical (unpaired) electrons. The molecule has 4 heteroatoms. The SMILES string of the molecule is CC(C(N)=O)c1ccc(F)c(Cl)c1. The molecule has 0 bridgehead atoms. The summed E-state index contributed by atoms with van der Waals surface area (Å²) in [7, 11) is 0. The van der Waals surface area contributed by atoms with E-state index in [2.05, 4.69) is 0 Å². The summed E-state index contributed by atoms with van der Waals surface area (Å²) in [5.41, 5.74) is 5.70. The van der Waals surface area contributed by atoms with Crippen molar-refractivity contribution in [3.8, 4) is 0 Å². The van der Waals surface area contributed by atoms with Crippen molar-refractivity contribution in [3.63, 3.8) is 0 Å². The van der Waals surface area contributed by atoms with Crippen LogP contribution in [0.25, 0.3) is 0 Å². The van der Waals surface area contributed by atoms with Crippen molar-refractivity contribution in [2.24, 2.45) is 5.73 Å². The van der Waals surface area contributed by atoms with Crippen LogP contribution < -0.4 is 5.73 Å². The van der Waals surface area contributed by atoms with E-state index in [0.717, 1.165) is 0 Å². The van der Waals surface area contributed by atoms with Crippen LogP contribution in [-0.2, 0) is 4.79 Å². The second-order valence-electron chi connectivity index (χ2n) is 2.80. The van der Waals surface area contributed by atoms with E-state index in [1.165, 1.54) is 18.2 Å². The van der Waals surface area contributed by atoms with Gasteiger partial charge in [0.05, 0.1) is 10.9 Å². The fraction of sp³-hybridized carbons (Fsp3) is 0.222. The maximum Gasteiger partial charge on any atom is 0.224 e. The Bertz CT molecular complexity index is 340. The Hall–Kier alpha value is -1.09. The number of nitrogens with two attached hydrogens (primary N) is 1. The van der Waals surface area contributed by atoms with Crippen molar-refractivity contribution in [1.29, 1.82) is 0 Å². The van der Waals surface area contributed by atoms with E-state index < -0.39 is 17.6 Å². The first-order chi connectivity index (χ1) is 6.02. The van der Waals surface area contributed by atoms with Crippen molar-refractivity contribution in [2.45, 2.75) is 12.8 Å². The molecule has 2 N–H and O–H groups in total. The highest BCUT2D eigenvalue weighted by Crippen LogP contribution is 2.21. The van der Waals surface area contributed by atoms with E-state index in [4.69, 9.17) is 17.3 Å². The minimum Gasteiger partial charge on any atom is -0.369 e. The van der Waals surface area contributed by atoms with Gasteiger partial charge in [-0.15, -0.1) is 0 Å². The summed E-state index contributed by atoms with van der Waals surface area (Å²) in [6.07, 6.45) is 0. The van der Waals surface area contributed by atoms with Gasteiger partial charge in [-0.05, 0) is 24.6 Å². The monoisotopic (exact) mass is 201 g/mol. The maximum atomic E-state index is 12.7. The third-order valence-corrected chi connectivity index (χ3v) is 2.16. The van der Waals surface area contributed by atoms with Gasteiger partial charge in [-0.25, -0.2) is 4.39 Å². The summed E-state index contributed by atoms with van der Waals surface area (Å²) >= 11 is 5.54. The molecular weight excluding hydrogens is 193 g/mol. The molecule has 0 saturated carbocycles. The summed E-state index contributed by atoms with van der Waals surface area (Å²) in [4.78, 5) is 10.8. The zero-order valence-corrected chi connectivity index (χ0v) is 7.81. The molecule has 0 spiro atoms. The minimum atomic E-state index is -0.498. The molecule has 2 nitrogen and oxygen atoms in total. The predicted octanol–water partition coefficient (Wildman–Crippen LogP) is 2.07. The van der Waals surface area contributed by atoms with Crippen molar-refractivity contribution < 1.29 is 9.18 Å². The topological polar surface area (TPSA) is 43.1 Å². The van der Waals surface area contributed by atoms with Gasteiger partial charge in [0.1, 0.15) is 5.82 Å². The van der Waals surface area contributed by atoms with Gasteiger partial charge in [-0.2, -0.15) is 0 Å². The number of benzene rings is 1. The van der Waals surface area contributed by atoms with Crippen LogP contribution in [0.15, 0.2) is 18.2 Å². The van der Waals surface area contributed by atoms with Crippen LogP contribution in [0.4, 0.5) is 4.39 Å². The average Bonchev–Trinajstić information content (AvgIpc) is 2.08. The minimum absolute atomic E-state index is 0.00519. The third-order valence-electron chi connectivity index (χ3n) is 1.87. The van der Waals surface area contributed by atoms with Gasteiger partial charge in [-0.1, -0.05) is 17.7 Å². The zero-order chi connectivity index (χ0) is 10.0. The molecular formula is C9H9ClFNO. The summed E-state index contributed by atoms with van der Waals surface area (Å²) in [5, 5.41) is 0.00519. The van der Waals surface area contributed by atoms with Gasteiger partial charge >= 0.3 is 0 Å². The van der Waals surface area contributed by atoms with E-state index in [0.29, 0.717) is 5.56 Å². The van der Waals surface area contributed by atoms with Crippen LogP contribution in [0.3, 0.4) is 0 Å². The van der Waals surface area contributed by atoms with E-state index in [-0.39, 0.29) is 5.02 Å². The highest BCUT2D eigenvalue weighted by Gasteiger charge is 2.12. The first-order valence-corrected chi connectivity index (χ1v) is 4.14. The van der Waals surface area contributed by atoms with Crippen LogP contribution in [-0.4, -0.2) is 5.91 Å². The van der Waals surface area contributed by atoms with E-state index in [9.17, 15) is 9.18 Å². The number of carbonyl (C=O) groups is 1. The van der Waals surface area contributed by atoms with Gasteiger partial charge < -0.3 is 5.73 Å². The van der Waals surface area contributed by atoms with Crippen LogP contribution in [0.1, 0.15) is 18.4 Å². The molecule has 0 fully saturated rings. The summed E-state index contributed by atoms with van der Waals surface area (Å²) in [6, 6.07) is 4.13. The zero-order valence-electron chi connectivity index (χ0n) is 7.05. The Morgan fingerprint density at radius 3 is 2.69 bits per heavy atom. The molecule has 1 rings (SSSR count). The summed E-state index contributed by atoms with van der Waals surface area (Å²) in [6.45, 7) is 1.64. The van der Waals surface area contributed by atoms with E-state index >= 15 is 0 Å². The van der Waals surface area contributed by atoms with Gasteiger partial charge in [0.25, 0.3) is 0 Å². The van der Waals surface area contributed by atoms with E-state index in [1.54, 1.807) is 6.92 Å². The fourth-order valence-corrected chi connectivity index (χ4v) is 1.13. The Balaban J connectivity index is 3.03. The normalized spacial score (nSPS) is 12.5. The molecule has 0 heterocycles. The van der Waals surface area contributed by atoms with Crippen LogP contribution in [0.5, 0.6) is 0 Å². The molecule has 13 heavy (non-hydrogen) atoms. The number of halogens is 2. The smallest absolute Gasteiger partial charge is 0.224 e. The molecule has 0 saturated heterocycles.